The number of rotatable bonds is 0. The summed E-state index contributed by atoms with van der Waals surface area (Å²) in [6, 6.07) is 0. The third kappa shape index (κ3) is 1.68. The summed E-state index contributed by atoms with van der Waals surface area (Å²) in [6.45, 7) is 1.28. The predicted molar refractivity (Wildman–Crippen MR) is 53.4 cm³/mol. The number of hydrogen-bond donors (Lipinski definition) is 0. The van der Waals surface area contributed by atoms with E-state index < -0.39 is 0 Å². The molecule has 1 aliphatic carbocycles. The van der Waals surface area contributed by atoms with E-state index in [0.29, 0.717) is 5.31 Å². The van der Waals surface area contributed by atoms with E-state index in [1.54, 1.807) is 0 Å². The Morgan fingerprint density at radius 2 is 1.67 bits per heavy atom. The molecule has 1 radical (unpaired) electrons. The largest absolute Gasteiger partial charge is 0.349 e. The first-order valence-electron chi connectivity index (χ1n) is 5.37. The SMILES string of the molecule is CN1[B]C2(CCCCC2)CCC1. The smallest absolute Gasteiger partial charge is 0.215 e. The molecule has 0 atom stereocenters. The van der Waals surface area contributed by atoms with Gasteiger partial charge in [-0.2, -0.15) is 0 Å². The molecule has 1 aliphatic heterocycles. The van der Waals surface area contributed by atoms with Gasteiger partial charge in [-0.25, -0.2) is 0 Å². The standard InChI is InChI=1S/C10H19BN/c1-12-9-5-8-10(11-12)6-3-2-4-7-10/h2-9H2,1H3. The van der Waals surface area contributed by atoms with Crippen molar-refractivity contribution in [1.29, 1.82) is 0 Å². The van der Waals surface area contributed by atoms with Crippen molar-refractivity contribution in [1.82, 2.24) is 4.81 Å². The lowest BCUT2D eigenvalue weighted by Gasteiger charge is -2.43. The van der Waals surface area contributed by atoms with Gasteiger partial charge in [-0.05, 0) is 25.3 Å². The fourth-order valence-electron chi connectivity index (χ4n) is 2.91. The molecule has 67 valence electrons. The molecule has 2 rings (SSSR count). The quantitative estimate of drug-likeness (QED) is 0.497. The molecule has 0 aromatic carbocycles. The predicted octanol–water partition coefficient (Wildman–Crippen LogP) is 2.45. The van der Waals surface area contributed by atoms with E-state index in [2.05, 4.69) is 19.3 Å². The highest BCUT2D eigenvalue weighted by Crippen LogP contribution is 2.47. The molecular weight excluding hydrogens is 145 g/mol. The third-order valence-corrected chi connectivity index (χ3v) is 3.53. The van der Waals surface area contributed by atoms with Gasteiger partial charge in [-0.1, -0.05) is 38.5 Å². The van der Waals surface area contributed by atoms with Crippen molar-refractivity contribution in [2.75, 3.05) is 13.6 Å². The zero-order chi connectivity index (χ0) is 8.44. The summed E-state index contributed by atoms with van der Waals surface area (Å²) in [5, 5.41) is 0.630. The van der Waals surface area contributed by atoms with Crippen molar-refractivity contribution in [2.45, 2.75) is 50.3 Å². The summed E-state index contributed by atoms with van der Waals surface area (Å²) in [6.07, 6.45) is 10.2. The Balaban J connectivity index is 1.97. The van der Waals surface area contributed by atoms with Crippen LogP contribution in [0.15, 0.2) is 0 Å². The summed E-state index contributed by atoms with van der Waals surface area (Å²) in [5.41, 5.74) is 0. The Bertz CT molecular complexity index is 146. The van der Waals surface area contributed by atoms with Gasteiger partial charge in [0.25, 0.3) is 0 Å². The maximum atomic E-state index is 2.52. The Kier molecular flexibility index (Phi) is 2.45. The monoisotopic (exact) mass is 164 g/mol. The molecule has 2 aliphatic rings. The molecule has 1 heterocycles. The van der Waals surface area contributed by atoms with Gasteiger partial charge >= 0.3 is 0 Å². The van der Waals surface area contributed by atoms with Crippen LogP contribution < -0.4 is 0 Å². The number of hydrogen-bond acceptors (Lipinski definition) is 1. The van der Waals surface area contributed by atoms with Crippen LogP contribution in [-0.2, 0) is 0 Å². The minimum Gasteiger partial charge on any atom is -0.349 e. The third-order valence-electron chi connectivity index (χ3n) is 3.53. The number of nitrogens with zero attached hydrogens (tertiary/aromatic N) is 1. The molecule has 0 N–H and O–H groups in total. The maximum Gasteiger partial charge on any atom is 0.215 e. The summed E-state index contributed by atoms with van der Waals surface area (Å²) in [4.78, 5) is 2.41. The average Bonchev–Trinajstić information content (AvgIpc) is 2.05. The van der Waals surface area contributed by atoms with Gasteiger partial charge in [0.2, 0.25) is 7.41 Å². The van der Waals surface area contributed by atoms with Crippen molar-refractivity contribution >= 4 is 7.41 Å². The van der Waals surface area contributed by atoms with Crippen LogP contribution in [0.5, 0.6) is 0 Å². The van der Waals surface area contributed by atoms with Crippen molar-refractivity contribution in [3.8, 4) is 0 Å². The van der Waals surface area contributed by atoms with E-state index in [9.17, 15) is 0 Å². The fraction of sp³-hybridized carbons (Fsp3) is 1.00. The first-order valence-corrected chi connectivity index (χ1v) is 5.37. The van der Waals surface area contributed by atoms with Crippen LogP contribution in [0.25, 0.3) is 0 Å². The molecular formula is C10H19BN. The van der Waals surface area contributed by atoms with E-state index in [0.717, 1.165) is 0 Å². The molecule has 2 heteroatoms. The first-order chi connectivity index (χ1) is 5.81. The molecule has 1 saturated heterocycles. The summed E-state index contributed by atoms with van der Waals surface area (Å²) < 4.78 is 0. The molecule has 12 heavy (non-hydrogen) atoms. The minimum atomic E-state index is 0.630. The van der Waals surface area contributed by atoms with E-state index in [1.807, 2.05) is 0 Å². The zero-order valence-electron chi connectivity index (χ0n) is 8.18. The van der Waals surface area contributed by atoms with Crippen molar-refractivity contribution in [3.05, 3.63) is 0 Å². The van der Waals surface area contributed by atoms with E-state index in [4.69, 9.17) is 0 Å². The Morgan fingerprint density at radius 3 is 2.33 bits per heavy atom. The Labute approximate surface area is 76.8 Å². The highest BCUT2D eigenvalue weighted by Gasteiger charge is 2.36. The van der Waals surface area contributed by atoms with E-state index >= 15 is 0 Å². The summed E-state index contributed by atoms with van der Waals surface area (Å²) in [7, 11) is 4.76. The van der Waals surface area contributed by atoms with Crippen LogP contribution in [0.1, 0.15) is 44.9 Å². The summed E-state index contributed by atoms with van der Waals surface area (Å²) in [5.74, 6) is 0. The van der Waals surface area contributed by atoms with Crippen LogP contribution in [0, 0.1) is 0 Å². The van der Waals surface area contributed by atoms with Crippen molar-refractivity contribution in [2.24, 2.45) is 0 Å². The normalized spacial score (nSPS) is 30.1. The van der Waals surface area contributed by atoms with Crippen LogP contribution >= 0.6 is 0 Å². The van der Waals surface area contributed by atoms with Gasteiger partial charge in [-0.3, -0.25) is 0 Å². The fourth-order valence-corrected chi connectivity index (χ4v) is 2.91. The van der Waals surface area contributed by atoms with Crippen LogP contribution in [-0.4, -0.2) is 25.8 Å². The molecule has 0 bridgehead atoms. The summed E-state index contributed by atoms with van der Waals surface area (Å²) >= 11 is 0. The van der Waals surface area contributed by atoms with Crippen molar-refractivity contribution in [3.63, 3.8) is 0 Å². The second-order valence-electron chi connectivity index (χ2n) is 4.64. The van der Waals surface area contributed by atoms with Gasteiger partial charge in [0.1, 0.15) is 0 Å². The van der Waals surface area contributed by atoms with Crippen LogP contribution in [0.3, 0.4) is 0 Å². The van der Waals surface area contributed by atoms with E-state index in [1.165, 1.54) is 51.5 Å². The maximum absolute atomic E-state index is 2.52. The highest BCUT2D eigenvalue weighted by molar-refractivity contribution is 6.37. The lowest BCUT2D eigenvalue weighted by molar-refractivity contribution is 0.292. The molecule has 0 aromatic rings. The average molecular weight is 164 g/mol. The van der Waals surface area contributed by atoms with Crippen LogP contribution in [0.4, 0.5) is 0 Å². The second kappa shape index (κ2) is 3.41. The molecule has 0 unspecified atom stereocenters. The lowest BCUT2D eigenvalue weighted by atomic mass is 9.49. The minimum absolute atomic E-state index is 0.630. The zero-order valence-corrected chi connectivity index (χ0v) is 8.18. The van der Waals surface area contributed by atoms with E-state index in [-0.39, 0.29) is 0 Å². The van der Waals surface area contributed by atoms with Crippen LogP contribution in [0.2, 0.25) is 5.31 Å². The lowest BCUT2D eigenvalue weighted by Crippen LogP contribution is -2.40. The van der Waals surface area contributed by atoms with Gasteiger partial charge in [0.15, 0.2) is 0 Å². The topological polar surface area (TPSA) is 3.24 Å². The molecule has 1 spiro atoms. The van der Waals surface area contributed by atoms with Gasteiger partial charge < -0.3 is 4.81 Å². The second-order valence-corrected chi connectivity index (χ2v) is 4.64. The molecule has 2 fully saturated rings. The molecule has 0 aromatic heterocycles. The molecule has 1 saturated carbocycles. The molecule has 1 nitrogen and oxygen atoms in total. The van der Waals surface area contributed by atoms with Crippen molar-refractivity contribution < 1.29 is 0 Å². The highest BCUT2D eigenvalue weighted by atomic mass is 15.0. The molecule has 0 amide bonds. The Hall–Kier alpha value is 0.0249. The van der Waals surface area contributed by atoms with Gasteiger partial charge in [0, 0.05) is 0 Å². The van der Waals surface area contributed by atoms with Gasteiger partial charge in [-0.15, -0.1) is 0 Å². The van der Waals surface area contributed by atoms with Gasteiger partial charge in [0.05, 0.1) is 0 Å². The Morgan fingerprint density at radius 1 is 1.00 bits per heavy atom. The first kappa shape index (κ1) is 8.62.